The second-order valence-corrected chi connectivity index (χ2v) is 6.32. The van der Waals surface area contributed by atoms with Crippen molar-refractivity contribution in [3.8, 4) is 0 Å². The van der Waals surface area contributed by atoms with E-state index in [-0.39, 0.29) is 18.4 Å². The third-order valence-corrected chi connectivity index (χ3v) is 5.04. The molecule has 2 aromatic rings. The molecule has 0 bridgehead atoms. The number of hydrogen-bond donors (Lipinski definition) is 0. The molecule has 0 saturated heterocycles. The van der Waals surface area contributed by atoms with Gasteiger partial charge in [-0.1, -0.05) is 41.9 Å². The minimum absolute atomic E-state index is 0.0424. The van der Waals surface area contributed by atoms with Gasteiger partial charge in [-0.15, -0.1) is 0 Å². The van der Waals surface area contributed by atoms with Crippen LogP contribution in [0.4, 0.5) is 5.69 Å². The van der Waals surface area contributed by atoms with Gasteiger partial charge < -0.3 is 9.69 Å². The van der Waals surface area contributed by atoms with Crippen LogP contribution in [0.3, 0.4) is 0 Å². The Hall–Kier alpha value is -2.13. The normalized spacial score (nSPS) is 25.4. The average molecular weight is 312 g/mol. The van der Waals surface area contributed by atoms with Crippen LogP contribution in [0.25, 0.3) is 0 Å². The Bertz CT molecular complexity index is 771. The Balaban J connectivity index is 1.78. The number of halogens is 1. The number of hydrogen-bond acceptors (Lipinski definition) is 2. The van der Waals surface area contributed by atoms with Crippen molar-refractivity contribution in [2.75, 3.05) is 11.4 Å². The molecule has 1 heterocycles. The third kappa shape index (κ3) is 1.69. The summed E-state index contributed by atoms with van der Waals surface area (Å²) >= 11 is 5.95. The Morgan fingerprint density at radius 3 is 2.64 bits per heavy atom. The Kier molecular flexibility index (Phi) is 2.88. The number of fused-ring (bicyclic) bond motifs is 2. The first-order chi connectivity index (χ1) is 10.7. The molecule has 0 N–H and O–H groups in total. The van der Waals surface area contributed by atoms with Crippen molar-refractivity contribution < 1.29 is 9.59 Å². The molecule has 2 aliphatic rings. The Labute approximate surface area is 133 Å². The molecule has 2 aromatic carbocycles. The fourth-order valence-corrected chi connectivity index (χ4v) is 3.83. The molecule has 3 nitrogen and oxygen atoms in total. The summed E-state index contributed by atoms with van der Waals surface area (Å²) in [5, 5.41) is 0.694. The highest BCUT2D eigenvalue weighted by Crippen LogP contribution is 2.66. The zero-order chi connectivity index (χ0) is 15.3. The van der Waals surface area contributed by atoms with Crippen LogP contribution >= 0.6 is 11.6 Å². The lowest BCUT2D eigenvalue weighted by Crippen LogP contribution is -2.34. The zero-order valence-electron chi connectivity index (χ0n) is 11.8. The molecule has 2 atom stereocenters. The standard InChI is InChI=1S/C18H14ClNO2/c19-13-7-5-12(6-8-13)15-11-18(15)14-3-1-2-4-16(14)20(9-10-21)17(18)22/h1-8,10,15H,9,11H2/t15-,18-/m1/s1. The molecule has 0 aromatic heterocycles. The first kappa shape index (κ1) is 13.5. The fourth-order valence-electron chi connectivity index (χ4n) is 3.70. The van der Waals surface area contributed by atoms with Crippen molar-refractivity contribution in [3.05, 3.63) is 64.7 Å². The Morgan fingerprint density at radius 1 is 1.18 bits per heavy atom. The number of rotatable bonds is 3. The van der Waals surface area contributed by atoms with Gasteiger partial charge in [0.2, 0.25) is 5.91 Å². The van der Waals surface area contributed by atoms with Crippen LogP contribution in [-0.2, 0) is 15.0 Å². The lowest BCUT2D eigenvalue weighted by Gasteiger charge is -2.14. The van der Waals surface area contributed by atoms with Crippen molar-refractivity contribution in [1.82, 2.24) is 0 Å². The molecule has 1 aliphatic carbocycles. The van der Waals surface area contributed by atoms with E-state index >= 15 is 0 Å². The van der Waals surface area contributed by atoms with Gasteiger partial charge in [0.1, 0.15) is 6.29 Å². The fraction of sp³-hybridized carbons (Fsp3) is 0.222. The van der Waals surface area contributed by atoms with Crippen molar-refractivity contribution >= 4 is 29.5 Å². The Morgan fingerprint density at radius 2 is 1.91 bits per heavy atom. The van der Waals surface area contributed by atoms with E-state index < -0.39 is 5.41 Å². The molecule has 0 unspecified atom stereocenters. The van der Waals surface area contributed by atoms with Crippen LogP contribution in [0.5, 0.6) is 0 Å². The van der Waals surface area contributed by atoms with E-state index in [1.165, 1.54) is 0 Å². The summed E-state index contributed by atoms with van der Waals surface area (Å²) in [5.41, 5.74) is 2.55. The second kappa shape index (κ2) is 4.68. The molecule has 1 saturated carbocycles. The van der Waals surface area contributed by atoms with Crippen molar-refractivity contribution in [1.29, 1.82) is 0 Å². The van der Waals surface area contributed by atoms with E-state index in [2.05, 4.69) is 0 Å². The molecular formula is C18H14ClNO2. The maximum absolute atomic E-state index is 12.9. The van der Waals surface area contributed by atoms with E-state index in [4.69, 9.17) is 11.6 Å². The molecule has 4 heteroatoms. The topological polar surface area (TPSA) is 37.4 Å². The quantitative estimate of drug-likeness (QED) is 0.816. The number of carbonyl (C=O) groups excluding carboxylic acids is 2. The van der Waals surface area contributed by atoms with Gasteiger partial charge in [0, 0.05) is 16.6 Å². The highest BCUT2D eigenvalue weighted by molar-refractivity contribution is 6.30. The maximum atomic E-state index is 12.9. The molecule has 1 fully saturated rings. The van der Waals surface area contributed by atoms with Crippen LogP contribution in [0.15, 0.2) is 48.5 Å². The number of aldehydes is 1. The molecule has 1 spiro atoms. The number of carbonyl (C=O) groups is 2. The molecule has 22 heavy (non-hydrogen) atoms. The van der Waals surface area contributed by atoms with Gasteiger partial charge in [0.25, 0.3) is 0 Å². The van der Waals surface area contributed by atoms with E-state index in [1.807, 2.05) is 48.5 Å². The summed E-state index contributed by atoms with van der Waals surface area (Å²) in [4.78, 5) is 25.5. The lowest BCUT2D eigenvalue weighted by molar-refractivity contribution is -0.121. The molecular weight excluding hydrogens is 298 g/mol. The van der Waals surface area contributed by atoms with Gasteiger partial charge in [0.05, 0.1) is 12.0 Å². The zero-order valence-corrected chi connectivity index (χ0v) is 12.6. The first-order valence-corrected chi connectivity index (χ1v) is 7.67. The number of nitrogens with zero attached hydrogens (tertiary/aromatic N) is 1. The summed E-state index contributed by atoms with van der Waals surface area (Å²) in [6, 6.07) is 15.5. The number of amides is 1. The van der Waals surface area contributed by atoms with Crippen LogP contribution in [-0.4, -0.2) is 18.7 Å². The van der Waals surface area contributed by atoms with Gasteiger partial charge in [-0.3, -0.25) is 4.79 Å². The van der Waals surface area contributed by atoms with Gasteiger partial charge in [0.15, 0.2) is 0 Å². The lowest BCUT2D eigenvalue weighted by atomic mass is 9.92. The summed E-state index contributed by atoms with van der Waals surface area (Å²) in [5.74, 6) is 0.204. The summed E-state index contributed by atoms with van der Waals surface area (Å²) in [6.07, 6.45) is 1.58. The van der Waals surface area contributed by atoms with E-state index in [1.54, 1.807) is 4.90 Å². The van der Waals surface area contributed by atoms with Crippen LogP contribution in [0, 0.1) is 0 Å². The van der Waals surface area contributed by atoms with Crippen LogP contribution in [0.1, 0.15) is 23.5 Å². The average Bonchev–Trinajstić information content (AvgIpc) is 3.24. The van der Waals surface area contributed by atoms with Gasteiger partial charge in [-0.25, -0.2) is 0 Å². The largest absolute Gasteiger partial charge is 0.304 e. The minimum atomic E-state index is -0.493. The predicted octanol–water partition coefficient (Wildman–Crippen LogP) is 3.31. The summed E-state index contributed by atoms with van der Waals surface area (Å²) < 4.78 is 0. The number of anilines is 1. The highest BCUT2D eigenvalue weighted by atomic mass is 35.5. The smallest absolute Gasteiger partial charge is 0.238 e. The van der Waals surface area contributed by atoms with Gasteiger partial charge in [-0.2, -0.15) is 0 Å². The van der Waals surface area contributed by atoms with Crippen molar-refractivity contribution in [3.63, 3.8) is 0 Å². The molecule has 110 valence electrons. The molecule has 1 aliphatic heterocycles. The number of benzene rings is 2. The van der Waals surface area contributed by atoms with E-state index in [9.17, 15) is 9.59 Å². The SMILES string of the molecule is O=CCN1C(=O)[C@]2(C[C@@H]2c2ccc(Cl)cc2)c2ccccc21. The summed E-state index contributed by atoms with van der Waals surface area (Å²) in [7, 11) is 0. The first-order valence-electron chi connectivity index (χ1n) is 7.29. The molecule has 0 radical (unpaired) electrons. The number of para-hydroxylation sites is 1. The molecule has 4 rings (SSSR count). The van der Waals surface area contributed by atoms with Gasteiger partial charge in [-0.05, 0) is 35.7 Å². The summed E-state index contributed by atoms with van der Waals surface area (Å²) in [6.45, 7) is 0.116. The van der Waals surface area contributed by atoms with Crippen LogP contribution in [0.2, 0.25) is 5.02 Å². The monoisotopic (exact) mass is 311 g/mol. The third-order valence-electron chi connectivity index (χ3n) is 4.79. The van der Waals surface area contributed by atoms with Gasteiger partial charge >= 0.3 is 0 Å². The van der Waals surface area contributed by atoms with E-state index in [0.717, 1.165) is 29.5 Å². The van der Waals surface area contributed by atoms with E-state index in [0.29, 0.717) is 5.02 Å². The maximum Gasteiger partial charge on any atom is 0.238 e. The van der Waals surface area contributed by atoms with Crippen molar-refractivity contribution in [2.45, 2.75) is 17.8 Å². The second-order valence-electron chi connectivity index (χ2n) is 5.88. The van der Waals surface area contributed by atoms with Crippen LogP contribution < -0.4 is 4.90 Å². The predicted molar refractivity (Wildman–Crippen MR) is 85.3 cm³/mol. The highest BCUT2D eigenvalue weighted by Gasteiger charge is 2.66. The minimum Gasteiger partial charge on any atom is -0.304 e. The van der Waals surface area contributed by atoms with Crippen molar-refractivity contribution in [2.24, 2.45) is 0 Å². The molecule has 1 amide bonds.